The molecule has 0 saturated heterocycles. The lowest BCUT2D eigenvalue weighted by molar-refractivity contribution is 0.205. The van der Waals surface area contributed by atoms with Gasteiger partial charge in [0.2, 0.25) is 0 Å². The second kappa shape index (κ2) is 4.70. The number of anilines is 1. The number of rotatable bonds is 1. The van der Waals surface area contributed by atoms with Gasteiger partial charge in [-0.15, -0.1) is 0 Å². The second-order valence-electron chi connectivity index (χ2n) is 4.27. The average molecular weight is 282 g/mol. The molecule has 2 nitrogen and oxygen atoms in total. The van der Waals surface area contributed by atoms with E-state index in [0.29, 0.717) is 23.5 Å². The monoisotopic (exact) mass is 281 g/mol. The van der Waals surface area contributed by atoms with Crippen molar-refractivity contribution in [3.63, 3.8) is 0 Å². The third kappa shape index (κ3) is 2.24. The van der Waals surface area contributed by atoms with E-state index in [9.17, 15) is 8.78 Å². The van der Waals surface area contributed by atoms with Gasteiger partial charge in [-0.1, -0.05) is 29.8 Å². The van der Waals surface area contributed by atoms with Crippen LogP contribution in [-0.2, 0) is 0 Å². The van der Waals surface area contributed by atoms with Crippen molar-refractivity contribution in [2.24, 2.45) is 0 Å². The summed E-state index contributed by atoms with van der Waals surface area (Å²) in [6, 6.07) is 8.87. The number of benzene rings is 2. The predicted octanol–water partition coefficient (Wildman–Crippen LogP) is 4.16. The van der Waals surface area contributed by atoms with Crippen molar-refractivity contribution in [1.29, 1.82) is 0 Å². The SMILES string of the molecule is Fc1cc(Cl)c2c(c1)NCC(c1ccccc1F)O2. The Balaban J connectivity index is 1.97. The van der Waals surface area contributed by atoms with Gasteiger partial charge in [0.25, 0.3) is 0 Å². The minimum atomic E-state index is -0.489. The molecule has 0 fully saturated rings. The molecule has 98 valence electrons. The Kier molecular flexibility index (Phi) is 3.03. The van der Waals surface area contributed by atoms with Crippen LogP contribution in [0.2, 0.25) is 5.02 Å². The van der Waals surface area contributed by atoms with E-state index in [0.717, 1.165) is 0 Å². The zero-order valence-electron chi connectivity index (χ0n) is 9.79. The van der Waals surface area contributed by atoms with E-state index in [-0.39, 0.29) is 10.8 Å². The summed E-state index contributed by atoms with van der Waals surface area (Å²) in [6.07, 6.45) is -0.489. The van der Waals surface area contributed by atoms with Crippen LogP contribution in [0.3, 0.4) is 0 Å². The summed E-state index contributed by atoms with van der Waals surface area (Å²) in [4.78, 5) is 0. The molecule has 0 aromatic heterocycles. The fraction of sp³-hybridized carbons (Fsp3) is 0.143. The summed E-state index contributed by atoms with van der Waals surface area (Å²) < 4.78 is 32.6. The highest BCUT2D eigenvalue weighted by Gasteiger charge is 2.25. The first-order valence-corrected chi connectivity index (χ1v) is 6.17. The van der Waals surface area contributed by atoms with Crippen LogP contribution < -0.4 is 10.1 Å². The molecule has 1 N–H and O–H groups in total. The number of nitrogens with one attached hydrogen (secondary N) is 1. The lowest BCUT2D eigenvalue weighted by Crippen LogP contribution is -2.24. The molecule has 0 bridgehead atoms. The molecule has 0 aliphatic carbocycles. The van der Waals surface area contributed by atoms with Crippen molar-refractivity contribution in [2.75, 3.05) is 11.9 Å². The van der Waals surface area contributed by atoms with Crippen LogP contribution in [0.25, 0.3) is 0 Å². The summed E-state index contributed by atoms with van der Waals surface area (Å²) in [5.74, 6) is -0.428. The normalized spacial score (nSPS) is 17.3. The van der Waals surface area contributed by atoms with Crippen LogP contribution in [0, 0.1) is 11.6 Å². The number of hydrogen-bond acceptors (Lipinski definition) is 2. The van der Waals surface area contributed by atoms with Crippen molar-refractivity contribution >= 4 is 17.3 Å². The van der Waals surface area contributed by atoms with Gasteiger partial charge in [0.15, 0.2) is 5.75 Å². The second-order valence-corrected chi connectivity index (χ2v) is 4.68. The molecule has 3 rings (SSSR count). The summed E-state index contributed by atoms with van der Waals surface area (Å²) in [5, 5.41) is 3.17. The highest BCUT2D eigenvalue weighted by atomic mass is 35.5. The Morgan fingerprint density at radius 3 is 2.79 bits per heavy atom. The first kappa shape index (κ1) is 12.2. The van der Waals surface area contributed by atoms with Crippen LogP contribution in [0.4, 0.5) is 14.5 Å². The highest BCUT2D eigenvalue weighted by molar-refractivity contribution is 6.32. The van der Waals surface area contributed by atoms with Gasteiger partial charge in [-0.3, -0.25) is 0 Å². The minimum absolute atomic E-state index is 0.170. The third-order valence-corrected chi connectivity index (χ3v) is 3.28. The van der Waals surface area contributed by atoms with Crippen LogP contribution in [0.15, 0.2) is 36.4 Å². The van der Waals surface area contributed by atoms with Crippen LogP contribution in [0.1, 0.15) is 11.7 Å². The van der Waals surface area contributed by atoms with Gasteiger partial charge in [-0.2, -0.15) is 0 Å². The molecule has 1 heterocycles. The molecule has 5 heteroatoms. The van der Waals surface area contributed by atoms with Crippen molar-refractivity contribution in [1.82, 2.24) is 0 Å². The van der Waals surface area contributed by atoms with E-state index < -0.39 is 11.9 Å². The quantitative estimate of drug-likeness (QED) is 0.847. The van der Waals surface area contributed by atoms with Crippen LogP contribution in [0.5, 0.6) is 5.75 Å². The lowest BCUT2D eigenvalue weighted by Gasteiger charge is -2.28. The van der Waals surface area contributed by atoms with Crippen LogP contribution in [-0.4, -0.2) is 6.54 Å². The zero-order chi connectivity index (χ0) is 13.4. The largest absolute Gasteiger partial charge is 0.480 e. The molecule has 2 aromatic rings. The van der Waals surface area contributed by atoms with Crippen molar-refractivity contribution in [3.05, 3.63) is 58.6 Å². The zero-order valence-corrected chi connectivity index (χ0v) is 10.5. The van der Waals surface area contributed by atoms with Gasteiger partial charge in [0.05, 0.1) is 17.3 Å². The molecular weight excluding hydrogens is 272 g/mol. The van der Waals surface area contributed by atoms with Crippen molar-refractivity contribution in [3.8, 4) is 5.75 Å². The highest BCUT2D eigenvalue weighted by Crippen LogP contribution is 2.40. The van der Waals surface area contributed by atoms with E-state index in [1.54, 1.807) is 18.2 Å². The van der Waals surface area contributed by atoms with E-state index >= 15 is 0 Å². The molecule has 1 aliphatic heterocycles. The first-order valence-electron chi connectivity index (χ1n) is 5.79. The van der Waals surface area contributed by atoms with Gasteiger partial charge < -0.3 is 10.1 Å². The van der Waals surface area contributed by atoms with E-state index in [2.05, 4.69) is 5.32 Å². The standard InChI is InChI=1S/C14H10ClF2NO/c15-10-5-8(16)6-12-14(10)19-13(7-18-12)9-3-1-2-4-11(9)17/h1-6,13,18H,7H2. The van der Waals surface area contributed by atoms with Gasteiger partial charge in [-0.05, 0) is 12.1 Å². The van der Waals surface area contributed by atoms with Crippen molar-refractivity contribution in [2.45, 2.75) is 6.10 Å². The molecule has 2 aromatic carbocycles. The Labute approximate surface area is 114 Å². The molecule has 1 aliphatic rings. The molecule has 1 atom stereocenters. The fourth-order valence-corrected chi connectivity index (χ4v) is 2.36. The Bertz CT molecular complexity index is 633. The lowest BCUT2D eigenvalue weighted by atomic mass is 10.1. The summed E-state index contributed by atoms with van der Waals surface area (Å²) in [5.41, 5.74) is 0.929. The Hall–Kier alpha value is -1.81. The molecule has 0 saturated carbocycles. The van der Waals surface area contributed by atoms with Gasteiger partial charge >= 0.3 is 0 Å². The minimum Gasteiger partial charge on any atom is -0.480 e. The van der Waals surface area contributed by atoms with Gasteiger partial charge in [0.1, 0.15) is 17.7 Å². The third-order valence-electron chi connectivity index (χ3n) is 3.00. The van der Waals surface area contributed by atoms with Gasteiger partial charge in [-0.25, -0.2) is 8.78 Å². The maximum atomic E-state index is 13.7. The maximum Gasteiger partial charge on any atom is 0.162 e. The van der Waals surface area contributed by atoms with Crippen molar-refractivity contribution < 1.29 is 13.5 Å². The topological polar surface area (TPSA) is 21.3 Å². The number of halogens is 3. The predicted molar refractivity (Wildman–Crippen MR) is 69.7 cm³/mol. The molecule has 0 amide bonds. The number of fused-ring (bicyclic) bond motifs is 1. The van der Waals surface area contributed by atoms with E-state index in [1.807, 2.05) is 0 Å². The number of ether oxygens (including phenoxy) is 1. The molecule has 0 radical (unpaired) electrons. The molecule has 19 heavy (non-hydrogen) atoms. The number of hydrogen-bond donors (Lipinski definition) is 1. The smallest absolute Gasteiger partial charge is 0.162 e. The van der Waals surface area contributed by atoms with Gasteiger partial charge in [0, 0.05) is 11.6 Å². The molecule has 0 spiro atoms. The maximum absolute atomic E-state index is 13.7. The average Bonchev–Trinajstić information content (AvgIpc) is 2.39. The van der Waals surface area contributed by atoms with Crippen LogP contribution >= 0.6 is 11.6 Å². The van der Waals surface area contributed by atoms with E-state index in [1.165, 1.54) is 18.2 Å². The fourth-order valence-electron chi connectivity index (χ4n) is 2.11. The summed E-state index contributed by atoms with van der Waals surface area (Å²) in [7, 11) is 0. The summed E-state index contributed by atoms with van der Waals surface area (Å²) in [6.45, 7) is 0.355. The first-order chi connectivity index (χ1) is 9.15. The molecule has 1 unspecified atom stereocenters. The van der Waals surface area contributed by atoms with E-state index in [4.69, 9.17) is 16.3 Å². The Morgan fingerprint density at radius 1 is 1.21 bits per heavy atom. The molecular formula is C14H10ClF2NO. The summed E-state index contributed by atoms with van der Waals surface area (Å²) >= 11 is 5.94. The Morgan fingerprint density at radius 2 is 2.00 bits per heavy atom.